The number of carbonyl (C=O) groups is 1. The van der Waals surface area contributed by atoms with Crippen LogP contribution in [0.4, 0.5) is 0 Å². The average molecular weight is 315 g/mol. The van der Waals surface area contributed by atoms with Crippen LogP contribution in [-0.2, 0) is 6.54 Å². The van der Waals surface area contributed by atoms with Crippen LogP contribution in [0.3, 0.4) is 0 Å². The zero-order valence-electron chi connectivity index (χ0n) is 13.6. The second-order valence-electron chi connectivity index (χ2n) is 4.83. The van der Waals surface area contributed by atoms with Crippen LogP contribution in [-0.4, -0.2) is 26.7 Å². The first-order valence-electron chi connectivity index (χ1n) is 7.40. The molecule has 5 nitrogen and oxygen atoms in total. The molecule has 122 valence electrons. The van der Waals surface area contributed by atoms with Gasteiger partial charge in [-0.2, -0.15) is 0 Å². The van der Waals surface area contributed by atoms with Crippen molar-refractivity contribution in [3.8, 4) is 17.2 Å². The van der Waals surface area contributed by atoms with E-state index in [9.17, 15) is 4.79 Å². The first-order valence-corrected chi connectivity index (χ1v) is 7.40. The van der Waals surface area contributed by atoms with E-state index in [0.717, 1.165) is 11.3 Å². The van der Waals surface area contributed by atoms with E-state index in [0.29, 0.717) is 30.2 Å². The molecule has 2 rings (SSSR count). The van der Waals surface area contributed by atoms with Gasteiger partial charge in [-0.15, -0.1) is 0 Å². The number of benzene rings is 2. The molecule has 0 aliphatic rings. The highest BCUT2D eigenvalue weighted by atomic mass is 16.5. The minimum atomic E-state index is -0.136. The molecule has 2 aromatic carbocycles. The smallest absolute Gasteiger partial charge is 0.251 e. The largest absolute Gasteiger partial charge is 0.494 e. The van der Waals surface area contributed by atoms with Crippen LogP contribution in [0.1, 0.15) is 22.8 Å². The highest BCUT2D eigenvalue weighted by molar-refractivity contribution is 5.94. The predicted molar refractivity (Wildman–Crippen MR) is 88.3 cm³/mol. The Bertz CT molecular complexity index is 653. The molecule has 23 heavy (non-hydrogen) atoms. The van der Waals surface area contributed by atoms with Crippen LogP contribution in [0.25, 0.3) is 0 Å². The number of rotatable bonds is 7. The van der Waals surface area contributed by atoms with Gasteiger partial charge < -0.3 is 19.5 Å². The molecule has 0 fully saturated rings. The van der Waals surface area contributed by atoms with E-state index < -0.39 is 0 Å². The van der Waals surface area contributed by atoms with E-state index >= 15 is 0 Å². The first-order chi connectivity index (χ1) is 11.2. The lowest BCUT2D eigenvalue weighted by Gasteiger charge is -2.10. The van der Waals surface area contributed by atoms with E-state index in [4.69, 9.17) is 14.2 Å². The number of ether oxygens (including phenoxy) is 3. The summed E-state index contributed by atoms with van der Waals surface area (Å²) in [5, 5.41) is 2.88. The number of nitrogens with one attached hydrogen (secondary N) is 1. The molecule has 0 saturated carbocycles. The molecule has 5 heteroatoms. The molecule has 1 N–H and O–H groups in total. The van der Waals surface area contributed by atoms with Gasteiger partial charge in [-0.05, 0) is 48.9 Å². The van der Waals surface area contributed by atoms with Crippen LogP contribution < -0.4 is 19.5 Å². The maximum Gasteiger partial charge on any atom is 0.251 e. The second kappa shape index (κ2) is 8.08. The lowest BCUT2D eigenvalue weighted by Crippen LogP contribution is -2.22. The fourth-order valence-electron chi connectivity index (χ4n) is 2.14. The Kier molecular flexibility index (Phi) is 5.86. The summed E-state index contributed by atoms with van der Waals surface area (Å²) in [5.74, 6) is 1.92. The Balaban J connectivity index is 1.98. The number of hydrogen-bond donors (Lipinski definition) is 1. The zero-order valence-corrected chi connectivity index (χ0v) is 13.6. The normalized spacial score (nSPS) is 10.0. The third-order valence-corrected chi connectivity index (χ3v) is 3.33. The van der Waals surface area contributed by atoms with Crippen molar-refractivity contribution < 1.29 is 19.0 Å². The minimum Gasteiger partial charge on any atom is -0.494 e. The fraction of sp³-hybridized carbons (Fsp3) is 0.278. The summed E-state index contributed by atoms with van der Waals surface area (Å²) in [6.45, 7) is 2.93. The van der Waals surface area contributed by atoms with Crippen LogP contribution in [0.2, 0.25) is 0 Å². The molecule has 1 amide bonds. The molecule has 0 spiro atoms. The summed E-state index contributed by atoms with van der Waals surface area (Å²) in [6, 6.07) is 12.6. The summed E-state index contributed by atoms with van der Waals surface area (Å²) < 4.78 is 15.8. The Morgan fingerprint density at radius 3 is 2.30 bits per heavy atom. The number of carbonyl (C=O) groups excluding carboxylic acids is 1. The first kappa shape index (κ1) is 16.7. The van der Waals surface area contributed by atoms with E-state index in [2.05, 4.69) is 5.32 Å². The number of amides is 1. The fourth-order valence-corrected chi connectivity index (χ4v) is 2.14. The summed E-state index contributed by atoms with van der Waals surface area (Å²) in [6.07, 6.45) is 0. The highest BCUT2D eigenvalue weighted by Gasteiger charge is 2.08. The van der Waals surface area contributed by atoms with Gasteiger partial charge in [-0.25, -0.2) is 0 Å². The summed E-state index contributed by atoms with van der Waals surface area (Å²) >= 11 is 0. The maximum absolute atomic E-state index is 12.2. The van der Waals surface area contributed by atoms with Gasteiger partial charge in [0.05, 0.1) is 20.8 Å². The average Bonchev–Trinajstić information content (AvgIpc) is 2.60. The summed E-state index contributed by atoms with van der Waals surface area (Å²) in [7, 11) is 3.17. The molecule has 0 atom stereocenters. The minimum absolute atomic E-state index is 0.136. The van der Waals surface area contributed by atoms with Gasteiger partial charge in [0, 0.05) is 12.1 Å². The van der Waals surface area contributed by atoms with Crippen LogP contribution in [0.15, 0.2) is 42.5 Å². The third kappa shape index (κ3) is 4.39. The third-order valence-electron chi connectivity index (χ3n) is 3.33. The second-order valence-corrected chi connectivity index (χ2v) is 4.83. The highest BCUT2D eigenvalue weighted by Crippen LogP contribution is 2.27. The Labute approximate surface area is 136 Å². The van der Waals surface area contributed by atoms with Gasteiger partial charge in [0.2, 0.25) is 0 Å². The van der Waals surface area contributed by atoms with Gasteiger partial charge in [0.25, 0.3) is 5.91 Å². The molecular weight excluding hydrogens is 294 g/mol. The van der Waals surface area contributed by atoms with Crippen molar-refractivity contribution in [2.24, 2.45) is 0 Å². The van der Waals surface area contributed by atoms with E-state index in [1.807, 2.05) is 25.1 Å². The molecule has 0 saturated heterocycles. The number of hydrogen-bond acceptors (Lipinski definition) is 4. The number of methoxy groups -OCH3 is 2. The molecule has 2 aromatic rings. The Morgan fingerprint density at radius 1 is 1.00 bits per heavy atom. The molecule has 0 unspecified atom stereocenters. The monoisotopic (exact) mass is 315 g/mol. The molecule has 0 aliphatic heterocycles. The van der Waals surface area contributed by atoms with Gasteiger partial charge >= 0.3 is 0 Å². The maximum atomic E-state index is 12.2. The van der Waals surface area contributed by atoms with Crippen molar-refractivity contribution >= 4 is 5.91 Å². The van der Waals surface area contributed by atoms with Crippen molar-refractivity contribution in [3.05, 3.63) is 53.6 Å². The predicted octanol–water partition coefficient (Wildman–Crippen LogP) is 3.03. The van der Waals surface area contributed by atoms with Crippen molar-refractivity contribution in [1.82, 2.24) is 5.32 Å². The standard InChI is InChI=1S/C18H21NO4/c1-4-23-15-8-6-14(7-9-15)18(20)19-12-13-5-10-16(21-2)17(11-13)22-3/h5-11H,4,12H2,1-3H3,(H,19,20). The molecular formula is C18H21NO4. The van der Waals surface area contributed by atoms with E-state index in [-0.39, 0.29) is 5.91 Å². The van der Waals surface area contributed by atoms with Crippen LogP contribution in [0.5, 0.6) is 17.2 Å². The topological polar surface area (TPSA) is 56.8 Å². The molecule has 0 bridgehead atoms. The van der Waals surface area contributed by atoms with Gasteiger partial charge in [0.15, 0.2) is 11.5 Å². The Hall–Kier alpha value is -2.69. The lowest BCUT2D eigenvalue weighted by atomic mass is 10.1. The van der Waals surface area contributed by atoms with Crippen molar-refractivity contribution in [2.45, 2.75) is 13.5 Å². The van der Waals surface area contributed by atoms with Crippen molar-refractivity contribution in [2.75, 3.05) is 20.8 Å². The molecule has 0 radical (unpaired) electrons. The lowest BCUT2D eigenvalue weighted by molar-refractivity contribution is 0.0951. The van der Waals surface area contributed by atoms with Crippen molar-refractivity contribution in [1.29, 1.82) is 0 Å². The van der Waals surface area contributed by atoms with Gasteiger partial charge in [-0.1, -0.05) is 6.07 Å². The zero-order chi connectivity index (χ0) is 16.7. The van der Waals surface area contributed by atoms with Gasteiger partial charge in [-0.3, -0.25) is 4.79 Å². The molecule has 0 aliphatic carbocycles. The van der Waals surface area contributed by atoms with E-state index in [1.54, 1.807) is 38.5 Å². The van der Waals surface area contributed by atoms with Crippen molar-refractivity contribution in [3.63, 3.8) is 0 Å². The van der Waals surface area contributed by atoms with Crippen LogP contribution >= 0.6 is 0 Å². The SMILES string of the molecule is CCOc1ccc(C(=O)NCc2ccc(OC)c(OC)c2)cc1. The van der Waals surface area contributed by atoms with Crippen LogP contribution in [0, 0.1) is 0 Å². The quantitative estimate of drug-likeness (QED) is 0.853. The van der Waals surface area contributed by atoms with Gasteiger partial charge in [0.1, 0.15) is 5.75 Å². The summed E-state index contributed by atoms with van der Waals surface area (Å²) in [5.41, 5.74) is 1.52. The molecule has 0 heterocycles. The molecule has 0 aromatic heterocycles. The van der Waals surface area contributed by atoms with E-state index in [1.165, 1.54) is 0 Å². The summed E-state index contributed by atoms with van der Waals surface area (Å²) in [4.78, 5) is 12.2. The Morgan fingerprint density at radius 2 is 1.70 bits per heavy atom.